The number of carbonyl (C=O) groups excluding carboxylic acids is 1. The third-order valence-electron chi connectivity index (χ3n) is 5.28. The molecule has 0 aliphatic carbocycles. The molecule has 1 amide bonds. The number of rotatable bonds is 4. The predicted octanol–water partition coefficient (Wildman–Crippen LogP) is 3.78. The van der Waals surface area contributed by atoms with Crippen molar-refractivity contribution in [3.8, 4) is 5.75 Å². The van der Waals surface area contributed by atoms with E-state index in [0.717, 1.165) is 42.6 Å². The van der Waals surface area contributed by atoms with Gasteiger partial charge in [-0.3, -0.25) is 4.79 Å². The average Bonchev–Trinajstić information content (AvgIpc) is 3.05. The lowest BCUT2D eigenvalue weighted by atomic mass is 9.87. The summed E-state index contributed by atoms with van der Waals surface area (Å²) in [7, 11) is 1.71. The van der Waals surface area contributed by atoms with Crippen molar-refractivity contribution in [2.24, 2.45) is 0 Å². The van der Waals surface area contributed by atoms with E-state index in [0.29, 0.717) is 0 Å². The number of hydrogen-bond donors (Lipinski definition) is 1. The highest BCUT2D eigenvalue weighted by Crippen LogP contribution is 2.36. The van der Waals surface area contributed by atoms with Crippen molar-refractivity contribution in [2.75, 3.05) is 13.7 Å². The van der Waals surface area contributed by atoms with Crippen LogP contribution in [0.4, 0.5) is 0 Å². The number of aryl methyl sites for hydroxylation is 1. The number of carbonyl (C=O) groups is 1. The normalized spacial score (nSPS) is 16.7. The summed E-state index contributed by atoms with van der Waals surface area (Å²) in [6.07, 6.45) is 4.73. The molecular formula is C21H22N2O2. The SMILES string of the molecule is COc1cc2c(cc1C)C(Cc1c[nH]c3ccccc13)N(C=O)CC2. The van der Waals surface area contributed by atoms with Crippen LogP contribution in [0.25, 0.3) is 10.9 Å². The van der Waals surface area contributed by atoms with Gasteiger partial charge in [-0.25, -0.2) is 0 Å². The fourth-order valence-corrected chi connectivity index (χ4v) is 3.95. The van der Waals surface area contributed by atoms with Gasteiger partial charge in [0.2, 0.25) is 6.41 Å². The Morgan fingerprint density at radius 1 is 1.32 bits per heavy atom. The Morgan fingerprint density at radius 3 is 2.96 bits per heavy atom. The summed E-state index contributed by atoms with van der Waals surface area (Å²) in [6.45, 7) is 2.80. The molecule has 2 aromatic carbocycles. The second-order valence-electron chi connectivity index (χ2n) is 6.69. The van der Waals surface area contributed by atoms with Gasteiger partial charge in [0.05, 0.1) is 13.2 Å². The number of fused-ring (bicyclic) bond motifs is 2. The number of H-pyrrole nitrogens is 1. The summed E-state index contributed by atoms with van der Waals surface area (Å²) in [5, 5.41) is 1.23. The number of nitrogens with zero attached hydrogens (tertiary/aromatic N) is 1. The minimum atomic E-state index is 0.0602. The van der Waals surface area contributed by atoms with Gasteiger partial charge in [0.15, 0.2) is 0 Å². The van der Waals surface area contributed by atoms with Gasteiger partial charge in [-0.05, 0) is 54.2 Å². The second-order valence-corrected chi connectivity index (χ2v) is 6.69. The van der Waals surface area contributed by atoms with Crippen molar-refractivity contribution >= 4 is 17.3 Å². The zero-order valence-corrected chi connectivity index (χ0v) is 14.6. The molecule has 4 heteroatoms. The number of hydrogen-bond acceptors (Lipinski definition) is 2. The Balaban J connectivity index is 1.77. The van der Waals surface area contributed by atoms with Crippen LogP contribution in [0.2, 0.25) is 0 Å². The van der Waals surface area contributed by atoms with Crippen LogP contribution in [-0.2, 0) is 17.6 Å². The number of para-hydroxylation sites is 1. The first-order chi connectivity index (χ1) is 12.2. The van der Waals surface area contributed by atoms with Gasteiger partial charge in [-0.1, -0.05) is 24.3 Å². The van der Waals surface area contributed by atoms with Gasteiger partial charge in [0.25, 0.3) is 0 Å². The number of nitrogens with one attached hydrogen (secondary N) is 1. The van der Waals surface area contributed by atoms with E-state index in [9.17, 15) is 4.79 Å². The molecule has 1 aliphatic heterocycles. The Bertz CT molecular complexity index is 929. The van der Waals surface area contributed by atoms with Gasteiger partial charge in [0, 0.05) is 23.6 Å². The first-order valence-corrected chi connectivity index (χ1v) is 8.64. The van der Waals surface area contributed by atoms with Gasteiger partial charge >= 0.3 is 0 Å². The van der Waals surface area contributed by atoms with E-state index in [2.05, 4.69) is 48.4 Å². The molecule has 3 aromatic rings. The highest BCUT2D eigenvalue weighted by molar-refractivity contribution is 5.83. The standard InChI is InChI=1S/C21H22N2O2/c1-14-9-18-15(11-21(14)25-2)7-8-23(13-24)20(18)10-16-12-22-19-6-4-3-5-17(16)19/h3-6,9,11-13,20,22H,7-8,10H2,1-2H3. The van der Waals surface area contributed by atoms with Crippen LogP contribution < -0.4 is 4.74 Å². The molecule has 1 N–H and O–H groups in total. The van der Waals surface area contributed by atoms with Crippen LogP contribution in [-0.4, -0.2) is 29.9 Å². The molecule has 0 bridgehead atoms. The molecule has 25 heavy (non-hydrogen) atoms. The number of aromatic amines is 1. The Kier molecular flexibility index (Phi) is 3.96. The van der Waals surface area contributed by atoms with Crippen molar-refractivity contribution in [3.05, 3.63) is 64.8 Å². The minimum absolute atomic E-state index is 0.0602. The van der Waals surface area contributed by atoms with Crippen molar-refractivity contribution in [2.45, 2.75) is 25.8 Å². The van der Waals surface area contributed by atoms with Gasteiger partial charge < -0.3 is 14.6 Å². The van der Waals surface area contributed by atoms with E-state index in [-0.39, 0.29) is 6.04 Å². The van der Waals surface area contributed by atoms with Gasteiger partial charge in [-0.15, -0.1) is 0 Å². The molecule has 2 heterocycles. The topological polar surface area (TPSA) is 45.3 Å². The molecule has 4 nitrogen and oxygen atoms in total. The van der Waals surface area contributed by atoms with Gasteiger partial charge in [0.1, 0.15) is 5.75 Å². The molecular weight excluding hydrogens is 312 g/mol. The molecule has 1 aromatic heterocycles. The van der Waals surface area contributed by atoms with Crippen molar-refractivity contribution in [3.63, 3.8) is 0 Å². The Labute approximate surface area is 147 Å². The van der Waals surface area contributed by atoms with Crippen molar-refractivity contribution in [1.82, 2.24) is 9.88 Å². The molecule has 0 spiro atoms. The van der Waals surface area contributed by atoms with Crippen LogP contribution in [0.15, 0.2) is 42.6 Å². The molecule has 0 radical (unpaired) electrons. The quantitative estimate of drug-likeness (QED) is 0.738. The lowest BCUT2D eigenvalue weighted by molar-refractivity contribution is -0.120. The maximum absolute atomic E-state index is 11.7. The molecule has 0 saturated carbocycles. The number of methoxy groups -OCH3 is 1. The first kappa shape index (κ1) is 15.8. The third kappa shape index (κ3) is 2.68. The van der Waals surface area contributed by atoms with E-state index in [1.54, 1.807) is 7.11 Å². The predicted molar refractivity (Wildman–Crippen MR) is 98.9 cm³/mol. The fraction of sp³-hybridized carbons (Fsp3) is 0.286. The molecule has 4 rings (SSSR count). The van der Waals surface area contributed by atoms with Crippen LogP contribution in [0.1, 0.15) is 28.3 Å². The summed E-state index contributed by atoms with van der Waals surface area (Å²) in [5.41, 5.74) is 6.01. The maximum Gasteiger partial charge on any atom is 0.210 e. The minimum Gasteiger partial charge on any atom is -0.496 e. The Hall–Kier alpha value is -2.75. The van der Waals surface area contributed by atoms with E-state index in [1.165, 1.54) is 22.1 Å². The summed E-state index contributed by atoms with van der Waals surface area (Å²) in [6, 6.07) is 12.7. The number of amides is 1. The van der Waals surface area contributed by atoms with Crippen LogP contribution in [0, 0.1) is 6.92 Å². The first-order valence-electron chi connectivity index (χ1n) is 8.64. The molecule has 0 saturated heterocycles. The molecule has 1 atom stereocenters. The lowest BCUT2D eigenvalue weighted by Gasteiger charge is -2.35. The fourth-order valence-electron chi connectivity index (χ4n) is 3.95. The summed E-state index contributed by atoms with van der Waals surface area (Å²) in [5.74, 6) is 0.921. The largest absolute Gasteiger partial charge is 0.496 e. The van der Waals surface area contributed by atoms with E-state index in [1.807, 2.05) is 11.0 Å². The summed E-state index contributed by atoms with van der Waals surface area (Å²) >= 11 is 0. The molecule has 0 fully saturated rings. The zero-order valence-electron chi connectivity index (χ0n) is 14.6. The zero-order chi connectivity index (χ0) is 17.4. The lowest BCUT2D eigenvalue weighted by Crippen LogP contribution is -2.35. The highest BCUT2D eigenvalue weighted by atomic mass is 16.5. The monoisotopic (exact) mass is 334 g/mol. The Morgan fingerprint density at radius 2 is 2.16 bits per heavy atom. The van der Waals surface area contributed by atoms with Crippen LogP contribution in [0.3, 0.4) is 0 Å². The third-order valence-corrected chi connectivity index (χ3v) is 5.28. The van der Waals surface area contributed by atoms with Crippen molar-refractivity contribution in [1.29, 1.82) is 0 Å². The van der Waals surface area contributed by atoms with Crippen LogP contribution in [0.5, 0.6) is 5.75 Å². The van der Waals surface area contributed by atoms with Crippen LogP contribution >= 0.6 is 0 Å². The average molecular weight is 334 g/mol. The summed E-state index contributed by atoms with van der Waals surface area (Å²) in [4.78, 5) is 16.9. The van der Waals surface area contributed by atoms with E-state index < -0.39 is 0 Å². The molecule has 1 aliphatic rings. The second kappa shape index (κ2) is 6.28. The summed E-state index contributed by atoms with van der Waals surface area (Å²) < 4.78 is 5.47. The smallest absolute Gasteiger partial charge is 0.210 e. The number of aromatic nitrogens is 1. The number of benzene rings is 2. The maximum atomic E-state index is 11.7. The molecule has 1 unspecified atom stereocenters. The van der Waals surface area contributed by atoms with Crippen molar-refractivity contribution < 1.29 is 9.53 Å². The van der Waals surface area contributed by atoms with E-state index in [4.69, 9.17) is 4.74 Å². The van der Waals surface area contributed by atoms with Gasteiger partial charge in [-0.2, -0.15) is 0 Å². The number of ether oxygens (including phenoxy) is 1. The van der Waals surface area contributed by atoms with E-state index >= 15 is 0 Å². The molecule has 128 valence electrons. The highest BCUT2D eigenvalue weighted by Gasteiger charge is 2.28.